The summed E-state index contributed by atoms with van der Waals surface area (Å²) in [4.78, 5) is 19.7. The Bertz CT molecular complexity index is 334. The number of alkyl halides is 1. The van der Waals surface area contributed by atoms with Crippen LogP contribution in [0.4, 0.5) is 5.00 Å². The maximum Gasteiger partial charge on any atom is 0.346 e. The minimum absolute atomic E-state index is 0.0169. The first-order chi connectivity index (χ1) is 8.02. The van der Waals surface area contributed by atoms with Gasteiger partial charge in [-0.05, 0) is 12.5 Å². The van der Waals surface area contributed by atoms with Gasteiger partial charge in [-0.15, -0.1) is 11.6 Å². The van der Waals surface area contributed by atoms with Crippen LogP contribution in [-0.2, 0) is 0 Å². The topological polar surface area (TPSA) is 80.4 Å². The van der Waals surface area contributed by atoms with Gasteiger partial charge in [-0.25, -0.2) is 4.79 Å². The summed E-state index contributed by atoms with van der Waals surface area (Å²) >= 11 is 6.03. The Morgan fingerprint density at radius 2 is 2.18 bits per heavy atom. The van der Waals surface area contributed by atoms with Gasteiger partial charge in [0.05, 0.1) is 4.92 Å². The average molecular weight is 280 g/mol. The lowest BCUT2D eigenvalue weighted by atomic mass is 10.3. The molecule has 5 nitrogen and oxygen atoms in total. The molecule has 7 heteroatoms. The number of carboxylic acids is 1. The fourth-order valence-electron chi connectivity index (χ4n) is 0.885. The molecule has 0 aliphatic carbocycles. The van der Waals surface area contributed by atoms with Gasteiger partial charge >= 0.3 is 11.0 Å². The van der Waals surface area contributed by atoms with Gasteiger partial charge in [0.1, 0.15) is 4.88 Å². The molecule has 0 radical (unpaired) electrons. The van der Waals surface area contributed by atoms with Gasteiger partial charge in [0.15, 0.2) is 0 Å². The van der Waals surface area contributed by atoms with Gasteiger partial charge in [-0.3, -0.25) is 10.1 Å². The number of nitrogens with zero attached hydrogens (tertiary/aromatic N) is 1. The number of hydrogen-bond acceptors (Lipinski definition) is 4. The highest BCUT2D eigenvalue weighted by Crippen LogP contribution is 2.23. The first-order valence-corrected chi connectivity index (χ1v) is 6.41. The van der Waals surface area contributed by atoms with Crippen LogP contribution in [0.5, 0.6) is 0 Å². The second kappa shape index (κ2) is 8.95. The van der Waals surface area contributed by atoms with Crippen molar-refractivity contribution in [2.45, 2.75) is 26.2 Å². The molecule has 0 atom stereocenters. The zero-order valence-electron chi connectivity index (χ0n) is 9.39. The minimum atomic E-state index is -1.14. The van der Waals surface area contributed by atoms with Gasteiger partial charge in [0.2, 0.25) is 0 Å². The van der Waals surface area contributed by atoms with Crippen LogP contribution in [0, 0.1) is 10.1 Å². The quantitative estimate of drug-likeness (QED) is 0.385. The number of nitro groups is 1. The van der Waals surface area contributed by atoms with Crippen LogP contribution >= 0.6 is 22.9 Å². The third kappa shape index (κ3) is 6.91. The van der Waals surface area contributed by atoms with Crippen LogP contribution in [0.25, 0.3) is 0 Å². The van der Waals surface area contributed by atoms with Gasteiger partial charge in [0, 0.05) is 11.9 Å². The summed E-state index contributed by atoms with van der Waals surface area (Å²) < 4.78 is 0. The van der Waals surface area contributed by atoms with Crippen molar-refractivity contribution in [1.82, 2.24) is 0 Å². The van der Waals surface area contributed by atoms with Crippen molar-refractivity contribution < 1.29 is 14.8 Å². The van der Waals surface area contributed by atoms with E-state index in [0.29, 0.717) is 11.3 Å². The summed E-state index contributed by atoms with van der Waals surface area (Å²) in [5, 5.41) is 18.3. The van der Waals surface area contributed by atoms with Crippen LogP contribution < -0.4 is 0 Å². The Morgan fingerprint density at radius 1 is 1.53 bits per heavy atom. The average Bonchev–Trinajstić information content (AvgIpc) is 2.76. The molecule has 1 aromatic rings. The van der Waals surface area contributed by atoms with Crippen molar-refractivity contribution in [3.05, 3.63) is 27.1 Å². The second-order valence-electron chi connectivity index (χ2n) is 3.10. The molecule has 0 saturated heterocycles. The zero-order valence-corrected chi connectivity index (χ0v) is 11.0. The van der Waals surface area contributed by atoms with Crippen molar-refractivity contribution in [1.29, 1.82) is 0 Å². The highest BCUT2D eigenvalue weighted by atomic mass is 35.5. The van der Waals surface area contributed by atoms with E-state index in [1.165, 1.54) is 31.4 Å². The highest BCUT2D eigenvalue weighted by molar-refractivity contribution is 7.17. The molecule has 1 aromatic heterocycles. The standard InChI is InChI=1S/C5H11Cl.C5H3NO4S/c1-2-3-4-5-6;7-5(8)3-1-2-4(11-3)6(9)10/h2-5H2,1H3;1-2H,(H,7,8). The molecular formula is C10H14ClNO4S. The predicted molar refractivity (Wildman–Crippen MR) is 68.2 cm³/mol. The maximum absolute atomic E-state index is 10.2. The van der Waals surface area contributed by atoms with Gasteiger partial charge in [-0.1, -0.05) is 31.1 Å². The maximum atomic E-state index is 10.2. The number of hydrogen-bond donors (Lipinski definition) is 1. The smallest absolute Gasteiger partial charge is 0.346 e. The fourth-order valence-corrected chi connectivity index (χ4v) is 1.73. The lowest BCUT2D eigenvalue weighted by Gasteiger charge is -1.84. The van der Waals surface area contributed by atoms with E-state index in [0.717, 1.165) is 5.88 Å². The molecule has 96 valence electrons. The summed E-state index contributed by atoms with van der Waals surface area (Å²) in [6.07, 6.45) is 3.73. The molecule has 17 heavy (non-hydrogen) atoms. The van der Waals surface area contributed by atoms with Gasteiger partial charge in [-0.2, -0.15) is 0 Å². The van der Waals surface area contributed by atoms with Crippen molar-refractivity contribution >= 4 is 33.9 Å². The lowest BCUT2D eigenvalue weighted by molar-refractivity contribution is -0.380. The Labute approximate surface area is 108 Å². The molecule has 0 saturated carbocycles. The lowest BCUT2D eigenvalue weighted by Crippen LogP contribution is -1.89. The summed E-state index contributed by atoms with van der Waals surface area (Å²) in [7, 11) is 0. The van der Waals surface area contributed by atoms with E-state index in [9.17, 15) is 14.9 Å². The number of halogens is 1. The van der Waals surface area contributed by atoms with Crippen molar-refractivity contribution in [3.63, 3.8) is 0 Å². The van der Waals surface area contributed by atoms with Crippen LogP contribution in [0.1, 0.15) is 35.9 Å². The summed E-state index contributed by atoms with van der Waals surface area (Å²) in [5.74, 6) is -0.309. The number of unbranched alkanes of at least 4 members (excludes halogenated alkanes) is 2. The summed E-state index contributed by atoms with van der Waals surface area (Å²) in [6.45, 7) is 2.17. The molecule has 0 aromatic carbocycles. The molecule has 1 N–H and O–H groups in total. The van der Waals surface area contributed by atoms with E-state index in [4.69, 9.17) is 16.7 Å². The molecule has 0 aliphatic heterocycles. The minimum Gasteiger partial charge on any atom is -0.477 e. The predicted octanol–water partition coefficient (Wildman–Crippen LogP) is 3.77. The van der Waals surface area contributed by atoms with E-state index in [-0.39, 0.29) is 9.88 Å². The molecule has 1 heterocycles. The molecule has 0 fully saturated rings. The van der Waals surface area contributed by atoms with E-state index in [1.54, 1.807) is 0 Å². The van der Waals surface area contributed by atoms with Crippen LogP contribution in [0.15, 0.2) is 12.1 Å². The SMILES string of the molecule is CCCCCCl.O=C(O)c1ccc([N+](=O)[O-])s1. The van der Waals surface area contributed by atoms with Crippen molar-refractivity contribution in [3.8, 4) is 0 Å². The summed E-state index contributed by atoms with van der Waals surface area (Å²) in [6, 6.07) is 2.39. The molecule has 0 bridgehead atoms. The largest absolute Gasteiger partial charge is 0.477 e. The number of rotatable bonds is 5. The van der Waals surface area contributed by atoms with E-state index < -0.39 is 10.9 Å². The number of carbonyl (C=O) groups is 1. The fraction of sp³-hybridized carbons (Fsp3) is 0.500. The van der Waals surface area contributed by atoms with Crippen LogP contribution in [-0.4, -0.2) is 21.9 Å². The van der Waals surface area contributed by atoms with Gasteiger partial charge < -0.3 is 5.11 Å². The first-order valence-electron chi connectivity index (χ1n) is 5.06. The van der Waals surface area contributed by atoms with Crippen molar-refractivity contribution in [2.24, 2.45) is 0 Å². The highest BCUT2D eigenvalue weighted by Gasteiger charge is 2.13. The van der Waals surface area contributed by atoms with E-state index in [1.807, 2.05) is 0 Å². The molecule has 0 spiro atoms. The number of thiophene rings is 1. The Balaban J connectivity index is 0.000000366. The summed E-state index contributed by atoms with van der Waals surface area (Å²) in [5.41, 5.74) is 0. The van der Waals surface area contributed by atoms with Crippen molar-refractivity contribution in [2.75, 3.05) is 5.88 Å². The second-order valence-corrected chi connectivity index (χ2v) is 4.54. The molecular weight excluding hydrogens is 266 g/mol. The van der Waals surface area contributed by atoms with Crippen LogP contribution in [0.3, 0.4) is 0 Å². The monoisotopic (exact) mass is 279 g/mol. The Hall–Kier alpha value is -1.14. The third-order valence-electron chi connectivity index (χ3n) is 1.72. The molecule has 0 unspecified atom stereocenters. The normalized spacial score (nSPS) is 9.29. The van der Waals surface area contributed by atoms with E-state index >= 15 is 0 Å². The molecule has 0 amide bonds. The Morgan fingerprint density at radius 3 is 2.41 bits per heavy atom. The third-order valence-corrected chi connectivity index (χ3v) is 3.01. The van der Waals surface area contributed by atoms with E-state index in [2.05, 4.69) is 6.92 Å². The molecule has 1 rings (SSSR count). The zero-order chi connectivity index (χ0) is 13.3. The number of carboxylic acid groups (broad SMARTS) is 1. The van der Waals surface area contributed by atoms with Gasteiger partial charge in [0.25, 0.3) is 0 Å². The molecule has 0 aliphatic rings. The first kappa shape index (κ1) is 15.9. The Kier molecular flexibility index (Phi) is 8.35. The van der Waals surface area contributed by atoms with Crippen LogP contribution in [0.2, 0.25) is 0 Å². The number of aromatic carboxylic acids is 1.